The number of rotatable bonds is 8. The molecular formula is C10H20O4. The van der Waals surface area contributed by atoms with Crippen LogP contribution in [0.5, 0.6) is 0 Å². The maximum Gasteiger partial charge on any atom is 0.335 e. The molecule has 0 aliphatic carbocycles. The molecule has 0 spiro atoms. The summed E-state index contributed by atoms with van der Waals surface area (Å²) >= 11 is 0. The lowest BCUT2D eigenvalue weighted by atomic mass is 10.0. The van der Waals surface area contributed by atoms with Gasteiger partial charge in [0.05, 0.1) is 6.61 Å². The summed E-state index contributed by atoms with van der Waals surface area (Å²) in [6.45, 7) is 4.59. The summed E-state index contributed by atoms with van der Waals surface area (Å²) in [4.78, 5) is 10.9. The van der Waals surface area contributed by atoms with Gasteiger partial charge in [-0.3, -0.25) is 0 Å². The predicted molar refractivity (Wildman–Crippen MR) is 53.4 cm³/mol. The van der Waals surface area contributed by atoms with E-state index in [4.69, 9.17) is 14.6 Å². The standard InChI is InChI=1S/C10H20O4/c1-4-6-10(2,9(11)12)14-8-5-7-13-3/h4-8H2,1-3H3,(H,11,12). The van der Waals surface area contributed by atoms with Gasteiger partial charge in [-0.2, -0.15) is 0 Å². The summed E-state index contributed by atoms with van der Waals surface area (Å²) in [7, 11) is 1.61. The second-order valence-corrected chi connectivity index (χ2v) is 3.48. The van der Waals surface area contributed by atoms with Gasteiger partial charge in [0.2, 0.25) is 0 Å². The van der Waals surface area contributed by atoms with Gasteiger partial charge in [-0.25, -0.2) is 4.79 Å². The summed E-state index contributed by atoms with van der Waals surface area (Å²) in [6, 6.07) is 0. The average Bonchev–Trinajstić information content (AvgIpc) is 2.13. The van der Waals surface area contributed by atoms with Gasteiger partial charge in [-0.05, 0) is 19.8 Å². The van der Waals surface area contributed by atoms with Crippen LogP contribution in [0.15, 0.2) is 0 Å². The lowest BCUT2D eigenvalue weighted by Gasteiger charge is -2.24. The molecule has 4 nitrogen and oxygen atoms in total. The normalized spacial score (nSPS) is 15.1. The summed E-state index contributed by atoms with van der Waals surface area (Å²) in [5.74, 6) is -0.892. The van der Waals surface area contributed by atoms with Crippen molar-refractivity contribution in [2.75, 3.05) is 20.3 Å². The molecule has 0 radical (unpaired) electrons. The van der Waals surface area contributed by atoms with Gasteiger partial charge < -0.3 is 14.6 Å². The molecule has 1 atom stereocenters. The van der Waals surface area contributed by atoms with Gasteiger partial charge >= 0.3 is 5.97 Å². The Kier molecular flexibility index (Phi) is 6.49. The van der Waals surface area contributed by atoms with E-state index < -0.39 is 11.6 Å². The van der Waals surface area contributed by atoms with Gasteiger partial charge in [-0.15, -0.1) is 0 Å². The molecule has 0 aliphatic heterocycles. The Labute approximate surface area is 85.2 Å². The SMILES string of the molecule is CCCC(C)(OCCCOC)C(=O)O. The van der Waals surface area contributed by atoms with Crippen molar-refractivity contribution in [3.05, 3.63) is 0 Å². The fourth-order valence-corrected chi connectivity index (χ4v) is 1.22. The van der Waals surface area contributed by atoms with Crippen molar-refractivity contribution in [3.63, 3.8) is 0 Å². The first kappa shape index (κ1) is 13.4. The third-order valence-electron chi connectivity index (χ3n) is 2.09. The minimum atomic E-state index is -1.04. The molecule has 0 fully saturated rings. The zero-order chi connectivity index (χ0) is 11.0. The Balaban J connectivity index is 3.90. The quantitative estimate of drug-likeness (QED) is 0.611. The molecule has 1 unspecified atom stereocenters. The van der Waals surface area contributed by atoms with Gasteiger partial charge in [0, 0.05) is 13.7 Å². The molecule has 84 valence electrons. The van der Waals surface area contributed by atoms with Crippen molar-refractivity contribution < 1.29 is 19.4 Å². The molecule has 0 amide bonds. The first-order chi connectivity index (χ1) is 6.56. The van der Waals surface area contributed by atoms with Crippen LogP contribution in [0, 0.1) is 0 Å². The minimum Gasteiger partial charge on any atom is -0.479 e. The van der Waals surface area contributed by atoms with Crippen LogP contribution >= 0.6 is 0 Å². The zero-order valence-electron chi connectivity index (χ0n) is 9.21. The molecule has 0 saturated carbocycles. The van der Waals surface area contributed by atoms with E-state index in [1.165, 1.54) is 0 Å². The molecule has 0 aromatic heterocycles. The summed E-state index contributed by atoms with van der Waals surface area (Å²) in [5, 5.41) is 8.96. The lowest BCUT2D eigenvalue weighted by Crippen LogP contribution is -2.38. The highest BCUT2D eigenvalue weighted by Gasteiger charge is 2.32. The van der Waals surface area contributed by atoms with Gasteiger partial charge in [0.1, 0.15) is 0 Å². The molecule has 0 saturated heterocycles. The number of carbonyl (C=O) groups is 1. The van der Waals surface area contributed by atoms with Crippen LogP contribution in [-0.4, -0.2) is 37.0 Å². The molecule has 0 rings (SSSR count). The van der Waals surface area contributed by atoms with Crippen molar-refractivity contribution in [1.29, 1.82) is 0 Å². The molecule has 0 aromatic carbocycles. The number of aliphatic carboxylic acids is 1. The van der Waals surface area contributed by atoms with E-state index >= 15 is 0 Å². The lowest BCUT2D eigenvalue weighted by molar-refractivity contribution is -0.165. The third kappa shape index (κ3) is 4.58. The van der Waals surface area contributed by atoms with Gasteiger partial charge in [0.25, 0.3) is 0 Å². The largest absolute Gasteiger partial charge is 0.479 e. The molecule has 4 heteroatoms. The minimum absolute atomic E-state index is 0.427. The topological polar surface area (TPSA) is 55.8 Å². The molecule has 1 N–H and O–H groups in total. The van der Waals surface area contributed by atoms with Crippen LogP contribution in [0.2, 0.25) is 0 Å². The Morgan fingerprint density at radius 3 is 2.50 bits per heavy atom. The van der Waals surface area contributed by atoms with Crippen LogP contribution in [0.25, 0.3) is 0 Å². The average molecular weight is 204 g/mol. The van der Waals surface area contributed by atoms with Crippen LogP contribution in [0.4, 0.5) is 0 Å². The first-order valence-corrected chi connectivity index (χ1v) is 4.93. The van der Waals surface area contributed by atoms with E-state index in [0.717, 1.165) is 12.8 Å². The molecule has 0 aliphatic rings. The number of carboxylic acid groups (broad SMARTS) is 1. The van der Waals surface area contributed by atoms with Crippen molar-refractivity contribution in [1.82, 2.24) is 0 Å². The van der Waals surface area contributed by atoms with E-state index in [0.29, 0.717) is 19.6 Å². The monoisotopic (exact) mass is 204 g/mol. The highest BCUT2D eigenvalue weighted by Crippen LogP contribution is 2.18. The van der Waals surface area contributed by atoms with E-state index in [1.54, 1.807) is 14.0 Å². The smallest absolute Gasteiger partial charge is 0.335 e. The molecule has 0 aromatic rings. The molecule has 14 heavy (non-hydrogen) atoms. The van der Waals surface area contributed by atoms with Crippen LogP contribution in [0.1, 0.15) is 33.1 Å². The third-order valence-corrected chi connectivity index (χ3v) is 2.09. The fourth-order valence-electron chi connectivity index (χ4n) is 1.22. The maximum atomic E-state index is 10.9. The van der Waals surface area contributed by atoms with E-state index in [2.05, 4.69) is 0 Å². The Morgan fingerprint density at radius 1 is 1.43 bits per heavy atom. The highest BCUT2D eigenvalue weighted by molar-refractivity contribution is 5.76. The van der Waals surface area contributed by atoms with Crippen LogP contribution < -0.4 is 0 Å². The second kappa shape index (κ2) is 6.79. The zero-order valence-corrected chi connectivity index (χ0v) is 9.21. The van der Waals surface area contributed by atoms with Crippen molar-refractivity contribution in [2.24, 2.45) is 0 Å². The van der Waals surface area contributed by atoms with E-state index in [9.17, 15) is 4.79 Å². The first-order valence-electron chi connectivity index (χ1n) is 4.93. The fraction of sp³-hybridized carbons (Fsp3) is 0.900. The molecule has 0 heterocycles. The van der Waals surface area contributed by atoms with E-state index in [1.807, 2.05) is 6.92 Å². The molecule has 0 bridgehead atoms. The second-order valence-electron chi connectivity index (χ2n) is 3.48. The Hall–Kier alpha value is -0.610. The number of methoxy groups -OCH3 is 1. The summed E-state index contributed by atoms with van der Waals surface area (Å²) in [6.07, 6.45) is 2.06. The number of hydrogen-bond donors (Lipinski definition) is 1. The predicted octanol–water partition coefficient (Wildman–Crippen LogP) is 1.68. The summed E-state index contributed by atoms with van der Waals surface area (Å²) in [5.41, 5.74) is -1.04. The van der Waals surface area contributed by atoms with E-state index in [-0.39, 0.29) is 0 Å². The van der Waals surface area contributed by atoms with Crippen molar-refractivity contribution >= 4 is 5.97 Å². The Bertz CT molecular complexity index is 170. The number of carboxylic acids is 1. The van der Waals surface area contributed by atoms with Gasteiger partial charge in [0.15, 0.2) is 5.60 Å². The number of hydrogen-bond acceptors (Lipinski definition) is 3. The highest BCUT2D eigenvalue weighted by atomic mass is 16.5. The van der Waals surface area contributed by atoms with Crippen LogP contribution in [-0.2, 0) is 14.3 Å². The van der Waals surface area contributed by atoms with Crippen molar-refractivity contribution in [3.8, 4) is 0 Å². The van der Waals surface area contributed by atoms with Crippen LogP contribution in [0.3, 0.4) is 0 Å². The molecular weight excluding hydrogens is 184 g/mol. The number of ether oxygens (including phenoxy) is 2. The maximum absolute atomic E-state index is 10.9. The van der Waals surface area contributed by atoms with Gasteiger partial charge in [-0.1, -0.05) is 13.3 Å². The summed E-state index contributed by atoms with van der Waals surface area (Å²) < 4.78 is 10.2. The Morgan fingerprint density at radius 2 is 2.07 bits per heavy atom. The van der Waals surface area contributed by atoms with Crippen molar-refractivity contribution in [2.45, 2.75) is 38.7 Å².